The highest BCUT2D eigenvalue weighted by Gasteiger charge is 2.11. The van der Waals surface area contributed by atoms with E-state index in [0.29, 0.717) is 12.2 Å². The van der Waals surface area contributed by atoms with Gasteiger partial charge in [-0.15, -0.1) is 0 Å². The average molecular weight is 325 g/mol. The van der Waals surface area contributed by atoms with E-state index in [9.17, 15) is 4.79 Å². The van der Waals surface area contributed by atoms with Crippen LogP contribution in [0.5, 0.6) is 0 Å². The number of rotatable bonds is 9. The van der Waals surface area contributed by atoms with Gasteiger partial charge in [0.1, 0.15) is 0 Å². The fourth-order valence-corrected chi connectivity index (χ4v) is 2.70. The summed E-state index contributed by atoms with van der Waals surface area (Å²) in [6.07, 6.45) is 3.63. The van der Waals surface area contributed by atoms with Gasteiger partial charge in [0.05, 0.1) is 12.2 Å². The highest BCUT2D eigenvalue weighted by atomic mass is 16.5. The largest absolute Gasteiger partial charge is 0.462 e. The molecule has 0 heterocycles. The lowest BCUT2D eigenvalue weighted by atomic mass is 9.97. The first-order chi connectivity index (χ1) is 11.8. The number of hydrogen-bond acceptors (Lipinski definition) is 3. The number of carbonyl (C=O) groups is 1. The molecule has 0 aliphatic carbocycles. The zero-order valence-electron chi connectivity index (χ0n) is 14.7. The van der Waals surface area contributed by atoms with Crippen molar-refractivity contribution >= 4 is 5.97 Å². The number of carbonyl (C=O) groups excluding carboxylic acids is 1. The zero-order chi connectivity index (χ0) is 17.2. The third-order valence-corrected chi connectivity index (χ3v) is 3.97. The van der Waals surface area contributed by atoms with Gasteiger partial charge < -0.3 is 10.1 Å². The second kappa shape index (κ2) is 9.89. The topological polar surface area (TPSA) is 38.3 Å². The Hall–Kier alpha value is -2.13. The van der Waals surface area contributed by atoms with E-state index in [-0.39, 0.29) is 5.97 Å². The predicted molar refractivity (Wildman–Crippen MR) is 99.1 cm³/mol. The molecular weight excluding hydrogens is 298 g/mol. The summed E-state index contributed by atoms with van der Waals surface area (Å²) in [5.41, 5.74) is 4.06. The van der Waals surface area contributed by atoms with Crippen LogP contribution in [0.1, 0.15) is 49.0 Å². The number of benzene rings is 2. The van der Waals surface area contributed by atoms with Gasteiger partial charge in [0.2, 0.25) is 0 Å². The van der Waals surface area contributed by atoms with Gasteiger partial charge in [0.25, 0.3) is 0 Å². The smallest absolute Gasteiger partial charge is 0.338 e. The number of nitrogens with one attached hydrogen (secondary N) is 1. The Labute approximate surface area is 145 Å². The summed E-state index contributed by atoms with van der Waals surface area (Å²) in [5.74, 6) is -0.260. The van der Waals surface area contributed by atoms with Crippen molar-refractivity contribution in [1.29, 1.82) is 0 Å². The maximum atomic E-state index is 12.0. The maximum absolute atomic E-state index is 12.0. The quantitative estimate of drug-likeness (QED) is 0.531. The Morgan fingerprint density at radius 1 is 1.04 bits per heavy atom. The molecule has 2 rings (SSSR count). The Kier molecular flexibility index (Phi) is 7.50. The number of ether oxygens (including phenoxy) is 1. The van der Waals surface area contributed by atoms with Gasteiger partial charge in [-0.05, 0) is 48.7 Å². The summed E-state index contributed by atoms with van der Waals surface area (Å²) in [6.45, 7) is 6.17. The van der Waals surface area contributed by atoms with E-state index in [0.717, 1.165) is 24.2 Å². The van der Waals surface area contributed by atoms with E-state index < -0.39 is 0 Å². The van der Waals surface area contributed by atoms with Crippen LogP contribution in [0.4, 0.5) is 0 Å². The zero-order valence-corrected chi connectivity index (χ0v) is 14.7. The Bertz CT molecular complexity index is 638. The van der Waals surface area contributed by atoms with Crippen LogP contribution in [0.3, 0.4) is 0 Å². The highest BCUT2D eigenvalue weighted by molar-refractivity contribution is 5.90. The second-order valence-electron chi connectivity index (χ2n) is 5.84. The number of hydrogen-bond donors (Lipinski definition) is 1. The molecule has 1 N–H and O–H groups in total. The van der Waals surface area contributed by atoms with Crippen molar-refractivity contribution in [3.05, 3.63) is 59.7 Å². The normalized spacial score (nSPS) is 10.6. The van der Waals surface area contributed by atoms with Gasteiger partial charge >= 0.3 is 5.97 Å². The summed E-state index contributed by atoms with van der Waals surface area (Å²) < 4.78 is 5.13. The van der Waals surface area contributed by atoms with Crippen LogP contribution in [0.25, 0.3) is 11.1 Å². The Morgan fingerprint density at radius 2 is 1.83 bits per heavy atom. The molecule has 0 spiro atoms. The number of unbranched alkanes of at least 4 members (excludes halogenated alkanes) is 2. The summed E-state index contributed by atoms with van der Waals surface area (Å²) in [4.78, 5) is 12.0. The molecule has 0 amide bonds. The molecule has 2 aromatic rings. The van der Waals surface area contributed by atoms with E-state index >= 15 is 0 Å². The van der Waals surface area contributed by atoms with Crippen LogP contribution in [0, 0.1) is 0 Å². The van der Waals surface area contributed by atoms with Crippen molar-refractivity contribution < 1.29 is 9.53 Å². The lowest BCUT2D eigenvalue weighted by molar-refractivity contribution is 0.0526. The van der Waals surface area contributed by atoms with Crippen molar-refractivity contribution in [2.24, 2.45) is 0 Å². The molecule has 128 valence electrons. The molecule has 0 atom stereocenters. The van der Waals surface area contributed by atoms with Gasteiger partial charge in [-0.1, -0.05) is 56.2 Å². The van der Waals surface area contributed by atoms with E-state index in [1.165, 1.54) is 24.8 Å². The molecule has 0 fully saturated rings. The SMILES string of the molecule is CCCCCNCc1cc(C(=O)OCC)ccc1-c1ccccc1. The minimum Gasteiger partial charge on any atom is -0.462 e. The fourth-order valence-electron chi connectivity index (χ4n) is 2.70. The Balaban J connectivity index is 2.20. The van der Waals surface area contributed by atoms with E-state index in [1.807, 2.05) is 43.3 Å². The lowest BCUT2D eigenvalue weighted by Crippen LogP contribution is -2.16. The minimum atomic E-state index is -0.260. The molecule has 3 nitrogen and oxygen atoms in total. The van der Waals surface area contributed by atoms with E-state index in [4.69, 9.17) is 4.74 Å². The van der Waals surface area contributed by atoms with Gasteiger partial charge in [-0.2, -0.15) is 0 Å². The molecule has 0 unspecified atom stereocenters. The first kappa shape index (κ1) is 18.2. The van der Waals surface area contributed by atoms with Crippen LogP contribution in [0.2, 0.25) is 0 Å². The summed E-state index contributed by atoms with van der Waals surface area (Å²) >= 11 is 0. The van der Waals surface area contributed by atoms with Crippen LogP contribution < -0.4 is 5.32 Å². The monoisotopic (exact) mass is 325 g/mol. The van der Waals surface area contributed by atoms with Crippen molar-refractivity contribution in [2.45, 2.75) is 39.7 Å². The first-order valence-electron chi connectivity index (χ1n) is 8.82. The molecule has 0 aliphatic heterocycles. The molecule has 2 aromatic carbocycles. The van der Waals surface area contributed by atoms with Crippen molar-refractivity contribution in [3.8, 4) is 11.1 Å². The van der Waals surface area contributed by atoms with Crippen molar-refractivity contribution in [3.63, 3.8) is 0 Å². The van der Waals surface area contributed by atoms with Crippen LogP contribution in [-0.4, -0.2) is 19.1 Å². The van der Waals surface area contributed by atoms with Gasteiger partial charge in [-0.3, -0.25) is 0 Å². The van der Waals surface area contributed by atoms with E-state index in [1.54, 1.807) is 0 Å². The molecule has 0 aromatic heterocycles. The van der Waals surface area contributed by atoms with Crippen LogP contribution >= 0.6 is 0 Å². The highest BCUT2D eigenvalue weighted by Crippen LogP contribution is 2.25. The molecule has 3 heteroatoms. The minimum absolute atomic E-state index is 0.260. The molecule has 24 heavy (non-hydrogen) atoms. The predicted octanol–water partition coefficient (Wildman–Crippen LogP) is 4.81. The molecule has 0 radical (unpaired) electrons. The first-order valence-corrected chi connectivity index (χ1v) is 8.82. The summed E-state index contributed by atoms with van der Waals surface area (Å²) in [5, 5.41) is 3.49. The van der Waals surface area contributed by atoms with Gasteiger partial charge in [0.15, 0.2) is 0 Å². The third kappa shape index (κ3) is 5.20. The second-order valence-corrected chi connectivity index (χ2v) is 5.84. The standard InChI is InChI=1S/C21H27NO2/c1-3-5-9-14-22-16-19-15-18(21(23)24-4-2)12-13-20(19)17-10-7-6-8-11-17/h6-8,10-13,15,22H,3-5,9,14,16H2,1-2H3. The fraction of sp³-hybridized carbons (Fsp3) is 0.381. The summed E-state index contributed by atoms with van der Waals surface area (Å²) in [7, 11) is 0. The maximum Gasteiger partial charge on any atom is 0.338 e. The van der Waals surface area contributed by atoms with Crippen molar-refractivity contribution in [1.82, 2.24) is 5.32 Å². The molecule has 0 saturated heterocycles. The lowest BCUT2D eigenvalue weighted by Gasteiger charge is -2.13. The molecular formula is C21H27NO2. The van der Waals surface area contributed by atoms with Crippen molar-refractivity contribution in [2.75, 3.05) is 13.2 Å². The molecule has 0 aliphatic rings. The van der Waals surface area contributed by atoms with Gasteiger partial charge in [0, 0.05) is 6.54 Å². The average Bonchev–Trinajstić information content (AvgIpc) is 2.62. The molecule has 0 saturated carbocycles. The summed E-state index contributed by atoms with van der Waals surface area (Å²) in [6, 6.07) is 16.1. The molecule has 0 bridgehead atoms. The number of esters is 1. The van der Waals surface area contributed by atoms with Crippen LogP contribution in [0.15, 0.2) is 48.5 Å². The van der Waals surface area contributed by atoms with Gasteiger partial charge in [-0.25, -0.2) is 4.79 Å². The van der Waals surface area contributed by atoms with E-state index in [2.05, 4.69) is 24.4 Å². The van der Waals surface area contributed by atoms with Crippen LogP contribution in [-0.2, 0) is 11.3 Å². The third-order valence-electron chi connectivity index (χ3n) is 3.97. The Morgan fingerprint density at radius 3 is 2.54 bits per heavy atom.